The molecular weight excluding hydrogens is 588 g/mol. The Morgan fingerprint density at radius 2 is 0.930 bits per heavy atom. The molecule has 0 atom stereocenters. The first-order valence-electron chi connectivity index (χ1n) is 15.5. The zero-order valence-corrected chi connectivity index (χ0v) is 27.7. The molecule has 0 aliphatic carbocycles. The minimum Gasteiger partial charge on any atom is -0.507 e. The van der Waals surface area contributed by atoms with Gasteiger partial charge in [0.15, 0.2) is 0 Å². The van der Waals surface area contributed by atoms with Crippen LogP contribution in [0.1, 0.15) is 127 Å². The van der Waals surface area contributed by atoms with Crippen LogP contribution in [-0.4, -0.2) is 45.3 Å². The van der Waals surface area contributed by atoms with E-state index < -0.39 is 0 Å². The molecule has 0 saturated heterocycles. The van der Waals surface area contributed by atoms with Crippen LogP contribution < -0.4 is 0 Å². The van der Waals surface area contributed by atoms with Gasteiger partial charge in [-0.15, -0.1) is 0 Å². The standard InChI is InChI=1S/2C17H27NO3.Fe/c2*1-3-4-5-6-7-8-11-21-13-15-9-10-17(19)16(12-15)14(2)18-20;/h2*9-10,12,19-20H,3-8,11,13H2,1-2H3;/b2*18-14+;. The molecule has 2 aromatic carbocycles. The maximum Gasteiger partial charge on any atom is 0.124 e. The third-order valence-electron chi connectivity index (χ3n) is 7.02. The van der Waals surface area contributed by atoms with E-state index in [0.29, 0.717) is 35.8 Å². The molecule has 2 aromatic rings. The normalized spacial score (nSPS) is 11.5. The van der Waals surface area contributed by atoms with Crippen molar-refractivity contribution in [3.63, 3.8) is 0 Å². The van der Waals surface area contributed by atoms with Crippen molar-refractivity contribution in [2.45, 2.75) is 118 Å². The van der Waals surface area contributed by atoms with Crippen LogP contribution in [0.5, 0.6) is 11.5 Å². The van der Waals surface area contributed by atoms with Crippen molar-refractivity contribution in [3.8, 4) is 11.5 Å². The third kappa shape index (κ3) is 18.0. The molecule has 0 aliphatic rings. The number of phenols is 2. The molecule has 8 nitrogen and oxygen atoms in total. The van der Waals surface area contributed by atoms with Gasteiger partial charge < -0.3 is 30.1 Å². The van der Waals surface area contributed by atoms with E-state index >= 15 is 0 Å². The van der Waals surface area contributed by atoms with Gasteiger partial charge in [-0.3, -0.25) is 0 Å². The quantitative estimate of drug-likeness (QED) is 0.0376. The first-order chi connectivity index (χ1) is 20.4. The van der Waals surface area contributed by atoms with Gasteiger partial charge in [-0.1, -0.05) is 100 Å². The zero-order valence-electron chi connectivity index (χ0n) is 26.6. The van der Waals surface area contributed by atoms with E-state index in [0.717, 1.165) is 37.2 Å². The summed E-state index contributed by atoms with van der Waals surface area (Å²) in [6.07, 6.45) is 15.0. The van der Waals surface area contributed by atoms with Gasteiger partial charge in [0.25, 0.3) is 0 Å². The van der Waals surface area contributed by atoms with Gasteiger partial charge in [0.1, 0.15) is 11.5 Å². The van der Waals surface area contributed by atoms with Crippen LogP contribution >= 0.6 is 0 Å². The molecule has 0 heterocycles. The number of unbranched alkanes of at least 4 members (excludes halogenated alkanes) is 10. The second-order valence-corrected chi connectivity index (χ2v) is 10.7. The van der Waals surface area contributed by atoms with Crippen molar-refractivity contribution in [2.24, 2.45) is 10.3 Å². The molecule has 0 saturated carbocycles. The number of oxime groups is 2. The average Bonchev–Trinajstić information content (AvgIpc) is 3.00. The molecule has 2 rings (SSSR count). The molecule has 4 N–H and O–H groups in total. The van der Waals surface area contributed by atoms with Crippen molar-refractivity contribution in [1.29, 1.82) is 0 Å². The van der Waals surface area contributed by atoms with E-state index in [4.69, 9.17) is 19.9 Å². The molecule has 0 spiro atoms. The van der Waals surface area contributed by atoms with E-state index in [1.54, 1.807) is 38.1 Å². The molecule has 0 aliphatic heterocycles. The predicted molar refractivity (Wildman–Crippen MR) is 170 cm³/mol. The second-order valence-electron chi connectivity index (χ2n) is 10.7. The summed E-state index contributed by atoms with van der Waals surface area (Å²) in [4.78, 5) is 0. The van der Waals surface area contributed by atoms with Crippen molar-refractivity contribution in [1.82, 2.24) is 0 Å². The molecule has 0 radical (unpaired) electrons. The summed E-state index contributed by atoms with van der Waals surface area (Å²) in [5.74, 6) is 0.231. The Labute approximate surface area is 269 Å². The van der Waals surface area contributed by atoms with Crippen LogP contribution in [0.15, 0.2) is 46.7 Å². The van der Waals surface area contributed by atoms with Crippen LogP contribution in [0, 0.1) is 0 Å². The van der Waals surface area contributed by atoms with Crippen LogP contribution in [0.4, 0.5) is 0 Å². The Balaban J connectivity index is 0.000000802. The number of phenolic OH excluding ortho intramolecular Hbond substituents is 2. The molecular formula is C34H54FeN2O6. The monoisotopic (exact) mass is 642 g/mol. The van der Waals surface area contributed by atoms with Gasteiger partial charge >= 0.3 is 0 Å². The maximum absolute atomic E-state index is 9.72. The molecule has 9 heteroatoms. The van der Waals surface area contributed by atoms with Crippen LogP contribution in [0.3, 0.4) is 0 Å². The van der Waals surface area contributed by atoms with Gasteiger partial charge in [-0.25, -0.2) is 0 Å². The Hall–Kier alpha value is -2.58. The molecule has 43 heavy (non-hydrogen) atoms. The number of nitrogens with zero attached hydrogens (tertiary/aromatic N) is 2. The van der Waals surface area contributed by atoms with Crippen LogP contribution in [0.25, 0.3) is 0 Å². The van der Waals surface area contributed by atoms with Crippen LogP contribution in [0.2, 0.25) is 0 Å². The summed E-state index contributed by atoms with van der Waals surface area (Å²) in [7, 11) is 0. The maximum atomic E-state index is 9.72. The topological polar surface area (TPSA) is 124 Å². The number of rotatable bonds is 20. The summed E-state index contributed by atoms with van der Waals surface area (Å²) in [6.45, 7) is 10.3. The van der Waals surface area contributed by atoms with Crippen molar-refractivity contribution in [2.75, 3.05) is 13.2 Å². The summed E-state index contributed by atoms with van der Waals surface area (Å²) < 4.78 is 11.3. The van der Waals surface area contributed by atoms with Crippen molar-refractivity contribution >= 4 is 11.4 Å². The molecule has 0 aromatic heterocycles. The first-order valence-corrected chi connectivity index (χ1v) is 15.5. The van der Waals surface area contributed by atoms with Gasteiger partial charge in [-0.05, 0) is 62.1 Å². The Morgan fingerprint density at radius 1 is 0.581 bits per heavy atom. The Kier molecular flexibility index (Phi) is 24.3. The number of ether oxygens (including phenoxy) is 2. The van der Waals surface area contributed by atoms with E-state index in [1.807, 2.05) is 12.1 Å². The number of aromatic hydroxyl groups is 2. The van der Waals surface area contributed by atoms with E-state index in [1.165, 1.54) is 64.2 Å². The van der Waals surface area contributed by atoms with Crippen LogP contribution in [-0.2, 0) is 39.8 Å². The molecule has 0 bridgehead atoms. The second kappa shape index (κ2) is 25.9. The van der Waals surface area contributed by atoms with Gasteiger partial charge in [0, 0.05) is 41.4 Å². The molecule has 0 fully saturated rings. The average molecular weight is 643 g/mol. The third-order valence-corrected chi connectivity index (χ3v) is 7.02. The number of hydrogen-bond donors (Lipinski definition) is 4. The van der Waals surface area contributed by atoms with Gasteiger partial charge in [0.05, 0.1) is 24.6 Å². The van der Waals surface area contributed by atoms with Gasteiger partial charge in [-0.2, -0.15) is 0 Å². The van der Waals surface area contributed by atoms with E-state index in [9.17, 15) is 10.2 Å². The van der Waals surface area contributed by atoms with Crippen molar-refractivity contribution < 1.29 is 47.2 Å². The van der Waals surface area contributed by atoms with E-state index in [-0.39, 0.29) is 28.6 Å². The summed E-state index contributed by atoms with van der Waals surface area (Å²) >= 11 is 0. The minimum absolute atomic E-state index is 0. The molecule has 0 amide bonds. The number of benzene rings is 2. The molecule has 244 valence electrons. The largest absolute Gasteiger partial charge is 0.507 e. The fourth-order valence-corrected chi connectivity index (χ4v) is 4.38. The SMILES string of the molecule is CCCCCCCCOCc1ccc(O)c(/C(C)=N/O)c1.CCCCCCCCOCc1ccc(O)c(/C(C)=N/O)c1.[Fe]. The van der Waals surface area contributed by atoms with Crippen molar-refractivity contribution in [3.05, 3.63) is 58.7 Å². The predicted octanol–water partition coefficient (Wildman–Crippen LogP) is 8.93. The summed E-state index contributed by atoms with van der Waals surface area (Å²) in [6, 6.07) is 10.5. The molecule has 0 unspecified atom stereocenters. The van der Waals surface area contributed by atoms with E-state index in [2.05, 4.69) is 24.2 Å². The fourth-order valence-electron chi connectivity index (χ4n) is 4.38. The minimum atomic E-state index is 0. The fraction of sp³-hybridized carbons (Fsp3) is 0.588. The summed E-state index contributed by atoms with van der Waals surface area (Å²) in [5.41, 5.74) is 3.81. The van der Waals surface area contributed by atoms with Gasteiger partial charge in [0.2, 0.25) is 0 Å². The Bertz CT molecular complexity index is 978. The Morgan fingerprint density at radius 3 is 1.28 bits per heavy atom. The smallest absolute Gasteiger partial charge is 0.124 e. The zero-order chi connectivity index (χ0) is 31.0. The summed E-state index contributed by atoms with van der Waals surface area (Å²) in [5, 5.41) is 43.2. The number of hydrogen-bond acceptors (Lipinski definition) is 8. The first kappa shape index (κ1) is 40.4.